The Hall–Kier alpha value is -1.75. The van der Waals surface area contributed by atoms with E-state index in [4.69, 9.17) is 19.9 Å². The molecule has 0 heterocycles. The van der Waals surface area contributed by atoms with Gasteiger partial charge in [0, 0.05) is 24.6 Å². The van der Waals surface area contributed by atoms with Gasteiger partial charge in [-0.15, -0.1) is 0 Å². The second kappa shape index (κ2) is 6.99. The first-order valence-electron chi connectivity index (χ1n) is 6.12. The van der Waals surface area contributed by atoms with E-state index in [1.54, 1.807) is 19.2 Å². The van der Waals surface area contributed by atoms with Gasteiger partial charge in [0.2, 0.25) is 0 Å². The second-order valence-corrected chi connectivity index (χ2v) is 4.35. The van der Waals surface area contributed by atoms with Crippen LogP contribution in [0.25, 0.3) is 0 Å². The highest BCUT2D eigenvalue weighted by atomic mass is 16.5. The van der Waals surface area contributed by atoms with Gasteiger partial charge in [0.05, 0.1) is 21.3 Å². The van der Waals surface area contributed by atoms with Gasteiger partial charge in [-0.1, -0.05) is 0 Å². The monoisotopic (exact) mass is 267 g/mol. The van der Waals surface area contributed by atoms with Gasteiger partial charge in [-0.2, -0.15) is 0 Å². The third-order valence-electron chi connectivity index (χ3n) is 2.82. The zero-order chi connectivity index (χ0) is 14.4. The average molecular weight is 267 g/mol. The van der Waals surface area contributed by atoms with Crippen molar-refractivity contribution < 1.29 is 19.0 Å². The molecule has 5 nitrogen and oxygen atoms in total. The fourth-order valence-electron chi connectivity index (χ4n) is 1.76. The van der Waals surface area contributed by atoms with Crippen LogP contribution in [-0.4, -0.2) is 33.2 Å². The molecule has 0 fully saturated rings. The molecule has 0 radical (unpaired) electrons. The summed E-state index contributed by atoms with van der Waals surface area (Å²) in [5, 5.41) is 0. The molecule has 0 bridgehead atoms. The van der Waals surface area contributed by atoms with Crippen LogP contribution in [-0.2, 0) is 0 Å². The number of hydrogen-bond acceptors (Lipinski definition) is 5. The lowest BCUT2D eigenvalue weighted by molar-refractivity contribution is 0.0971. The van der Waals surface area contributed by atoms with Gasteiger partial charge in [-0.05, 0) is 13.3 Å². The highest BCUT2D eigenvalue weighted by Crippen LogP contribution is 2.35. The molecule has 0 aliphatic carbocycles. The van der Waals surface area contributed by atoms with E-state index < -0.39 is 0 Å². The van der Waals surface area contributed by atoms with E-state index in [1.807, 2.05) is 6.92 Å². The van der Waals surface area contributed by atoms with Gasteiger partial charge >= 0.3 is 0 Å². The maximum absolute atomic E-state index is 12.3. The Balaban J connectivity index is 3.12. The number of nitrogens with two attached hydrogens (primary N) is 1. The summed E-state index contributed by atoms with van der Waals surface area (Å²) < 4.78 is 15.6. The molecule has 0 spiro atoms. The summed E-state index contributed by atoms with van der Waals surface area (Å²) in [5.41, 5.74) is 6.11. The SMILES string of the molecule is COc1cc(OC)c(C(=O)CCC(C)N)c(OC)c1. The lowest BCUT2D eigenvalue weighted by Gasteiger charge is -2.14. The number of carbonyl (C=O) groups excluding carboxylic acids is 1. The summed E-state index contributed by atoms with van der Waals surface area (Å²) in [6.45, 7) is 1.87. The molecule has 1 aromatic rings. The van der Waals surface area contributed by atoms with Crippen molar-refractivity contribution in [3.63, 3.8) is 0 Å². The number of methoxy groups -OCH3 is 3. The molecule has 0 aliphatic heterocycles. The predicted octanol–water partition coefficient (Wildman–Crippen LogP) is 2.02. The molecule has 19 heavy (non-hydrogen) atoms. The number of carbonyl (C=O) groups is 1. The molecule has 1 rings (SSSR count). The third-order valence-corrected chi connectivity index (χ3v) is 2.82. The zero-order valence-electron chi connectivity index (χ0n) is 11.9. The summed E-state index contributed by atoms with van der Waals surface area (Å²) in [4.78, 5) is 12.3. The quantitative estimate of drug-likeness (QED) is 0.765. The van der Waals surface area contributed by atoms with Crippen LogP contribution in [0.2, 0.25) is 0 Å². The van der Waals surface area contributed by atoms with Gasteiger partial charge in [0.15, 0.2) is 5.78 Å². The van der Waals surface area contributed by atoms with Crippen LogP contribution in [0, 0.1) is 0 Å². The number of Topliss-reactive ketones (excluding diaryl/α,β-unsaturated/α-hetero) is 1. The normalized spacial score (nSPS) is 11.8. The van der Waals surface area contributed by atoms with Crippen LogP contribution in [0.5, 0.6) is 17.2 Å². The molecule has 2 N–H and O–H groups in total. The molecule has 0 saturated carbocycles. The number of rotatable bonds is 7. The highest BCUT2D eigenvalue weighted by Gasteiger charge is 2.20. The smallest absolute Gasteiger partial charge is 0.170 e. The molecule has 1 aromatic carbocycles. The van der Waals surface area contributed by atoms with E-state index in [1.165, 1.54) is 14.2 Å². The Kier molecular flexibility index (Phi) is 5.63. The van der Waals surface area contributed by atoms with Crippen LogP contribution in [0.4, 0.5) is 0 Å². The fraction of sp³-hybridized carbons (Fsp3) is 0.500. The van der Waals surface area contributed by atoms with Crippen molar-refractivity contribution in [2.24, 2.45) is 5.73 Å². The average Bonchev–Trinajstić information content (AvgIpc) is 2.42. The number of ether oxygens (including phenoxy) is 3. The van der Waals surface area contributed by atoms with Crippen molar-refractivity contribution in [1.29, 1.82) is 0 Å². The summed E-state index contributed by atoms with van der Waals surface area (Å²) in [6, 6.07) is 3.32. The number of hydrogen-bond donors (Lipinski definition) is 1. The highest BCUT2D eigenvalue weighted by molar-refractivity contribution is 6.01. The van der Waals surface area contributed by atoms with E-state index in [9.17, 15) is 4.79 Å². The topological polar surface area (TPSA) is 70.8 Å². The van der Waals surface area contributed by atoms with Crippen LogP contribution in [0.1, 0.15) is 30.1 Å². The maximum Gasteiger partial charge on any atom is 0.170 e. The molecule has 1 unspecified atom stereocenters. The van der Waals surface area contributed by atoms with Crippen LogP contribution < -0.4 is 19.9 Å². The van der Waals surface area contributed by atoms with Crippen molar-refractivity contribution in [3.05, 3.63) is 17.7 Å². The Morgan fingerprint density at radius 3 is 2.05 bits per heavy atom. The number of ketones is 1. The standard InChI is InChI=1S/C14H21NO4/c1-9(15)5-6-11(16)14-12(18-3)7-10(17-2)8-13(14)19-4/h7-9H,5-6,15H2,1-4H3. The molecule has 1 atom stereocenters. The molecule has 0 saturated heterocycles. The van der Waals surface area contributed by atoms with Gasteiger partial charge < -0.3 is 19.9 Å². The van der Waals surface area contributed by atoms with E-state index in [-0.39, 0.29) is 11.8 Å². The molecule has 5 heteroatoms. The van der Waals surface area contributed by atoms with Crippen molar-refractivity contribution in [2.45, 2.75) is 25.8 Å². The van der Waals surface area contributed by atoms with Crippen LogP contribution >= 0.6 is 0 Å². The summed E-state index contributed by atoms with van der Waals surface area (Å²) in [6.07, 6.45) is 0.980. The van der Waals surface area contributed by atoms with Crippen molar-refractivity contribution >= 4 is 5.78 Å². The summed E-state index contributed by atoms with van der Waals surface area (Å²) in [5.74, 6) is 1.43. The van der Waals surface area contributed by atoms with Crippen molar-refractivity contribution in [3.8, 4) is 17.2 Å². The Labute approximate surface area is 113 Å². The number of benzene rings is 1. The molecule has 0 aliphatic rings. The Morgan fingerprint density at radius 2 is 1.68 bits per heavy atom. The van der Waals surface area contributed by atoms with E-state index >= 15 is 0 Å². The van der Waals surface area contributed by atoms with Gasteiger partial charge in [-0.25, -0.2) is 0 Å². The van der Waals surface area contributed by atoms with Gasteiger partial charge in [0.25, 0.3) is 0 Å². The fourth-order valence-corrected chi connectivity index (χ4v) is 1.76. The van der Waals surface area contributed by atoms with Gasteiger partial charge in [0.1, 0.15) is 22.8 Å². The minimum Gasteiger partial charge on any atom is -0.496 e. The minimum atomic E-state index is -0.0475. The molecular formula is C14H21NO4. The molecular weight excluding hydrogens is 246 g/mol. The van der Waals surface area contributed by atoms with E-state index in [0.717, 1.165) is 0 Å². The largest absolute Gasteiger partial charge is 0.496 e. The van der Waals surface area contributed by atoms with Crippen LogP contribution in [0.15, 0.2) is 12.1 Å². The zero-order valence-corrected chi connectivity index (χ0v) is 11.9. The van der Waals surface area contributed by atoms with Crippen molar-refractivity contribution in [1.82, 2.24) is 0 Å². The first kappa shape index (κ1) is 15.3. The predicted molar refractivity (Wildman–Crippen MR) is 73.3 cm³/mol. The molecule has 106 valence electrons. The van der Waals surface area contributed by atoms with E-state index in [2.05, 4.69) is 0 Å². The van der Waals surface area contributed by atoms with Gasteiger partial charge in [-0.3, -0.25) is 4.79 Å². The molecule has 0 amide bonds. The minimum absolute atomic E-state index is 0.0146. The first-order valence-corrected chi connectivity index (χ1v) is 6.12. The summed E-state index contributed by atoms with van der Waals surface area (Å²) in [7, 11) is 4.57. The van der Waals surface area contributed by atoms with Crippen molar-refractivity contribution in [2.75, 3.05) is 21.3 Å². The Morgan fingerprint density at radius 1 is 1.16 bits per heavy atom. The third kappa shape index (κ3) is 3.86. The second-order valence-electron chi connectivity index (χ2n) is 4.35. The van der Waals surface area contributed by atoms with E-state index in [0.29, 0.717) is 35.7 Å². The Bertz CT molecular complexity index is 418. The van der Waals surface area contributed by atoms with Crippen LogP contribution in [0.3, 0.4) is 0 Å². The first-order chi connectivity index (χ1) is 9.03. The molecule has 0 aromatic heterocycles. The maximum atomic E-state index is 12.3. The lowest BCUT2D eigenvalue weighted by atomic mass is 10.0. The lowest BCUT2D eigenvalue weighted by Crippen LogP contribution is -2.17. The summed E-state index contributed by atoms with van der Waals surface area (Å²) >= 11 is 0.